The third kappa shape index (κ3) is 6.05. The van der Waals surface area contributed by atoms with Crippen LogP contribution in [0.2, 0.25) is 0 Å². The maximum absolute atomic E-state index is 14.0. The number of aryl methyl sites for hydroxylation is 1. The summed E-state index contributed by atoms with van der Waals surface area (Å²) < 4.78 is 7.70. The fourth-order valence-corrected chi connectivity index (χ4v) is 8.14. The molecule has 1 aromatic carbocycles. The fourth-order valence-electron chi connectivity index (χ4n) is 7.26. The number of nitrogens with zero attached hydrogens (tertiary/aromatic N) is 9. The minimum atomic E-state index is -0.484. The molecule has 0 bridgehead atoms. The molecule has 49 heavy (non-hydrogen) atoms. The van der Waals surface area contributed by atoms with Gasteiger partial charge < -0.3 is 14.2 Å². The van der Waals surface area contributed by atoms with Crippen LogP contribution < -0.4 is 9.64 Å². The van der Waals surface area contributed by atoms with Crippen LogP contribution in [0.25, 0.3) is 16.3 Å². The van der Waals surface area contributed by atoms with Crippen LogP contribution >= 0.6 is 11.3 Å². The number of imidazole rings is 1. The van der Waals surface area contributed by atoms with Crippen LogP contribution in [0.4, 0.5) is 5.82 Å². The van der Waals surface area contributed by atoms with Crippen LogP contribution in [0.1, 0.15) is 54.9 Å². The fraction of sp³-hybridized carbons (Fsp3) is 0.417. The van der Waals surface area contributed by atoms with Gasteiger partial charge in [0.05, 0.1) is 42.3 Å². The number of ether oxygens (including phenoxy) is 1. The first kappa shape index (κ1) is 31.5. The van der Waals surface area contributed by atoms with Gasteiger partial charge in [-0.2, -0.15) is 0 Å². The number of carbonyl (C=O) groups excluding carboxylic acids is 2. The number of benzene rings is 1. The van der Waals surface area contributed by atoms with Crippen LogP contribution in [0.3, 0.4) is 0 Å². The van der Waals surface area contributed by atoms with Crippen molar-refractivity contribution in [3.05, 3.63) is 76.8 Å². The number of fused-ring (bicyclic) bond motifs is 1. The van der Waals surface area contributed by atoms with E-state index in [9.17, 15) is 9.59 Å². The minimum Gasteiger partial charge on any atom is -0.491 e. The van der Waals surface area contributed by atoms with Crippen LogP contribution in [0.5, 0.6) is 5.75 Å². The van der Waals surface area contributed by atoms with Crippen molar-refractivity contribution in [3.8, 4) is 16.5 Å². The zero-order valence-corrected chi connectivity index (χ0v) is 28.8. The van der Waals surface area contributed by atoms with Crippen molar-refractivity contribution >= 4 is 40.3 Å². The van der Waals surface area contributed by atoms with E-state index in [4.69, 9.17) is 14.7 Å². The molecule has 8 rings (SSSR count). The maximum atomic E-state index is 14.0. The van der Waals surface area contributed by atoms with Crippen molar-refractivity contribution in [2.24, 2.45) is 17.5 Å². The van der Waals surface area contributed by atoms with Crippen LogP contribution in [0.15, 0.2) is 60.0 Å². The van der Waals surface area contributed by atoms with Gasteiger partial charge in [-0.05, 0) is 75.6 Å². The van der Waals surface area contributed by atoms with Gasteiger partial charge in [-0.1, -0.05) is 23.5 Å². The molecule has 0 aliphatic carbocycles. The number of amides is 2. The molecule has 0 radical (unpaired) electrons. The van der Waals surface area contributed by atoms with Gasteiger partial charge in [0.2, 0.25) is 11.8 Å². The molecule has 1 atom stereocenters. The standard InChI is InChI=1S/C36H39N9O3S/c1-23(2)48-27-7-4-24(5-8-27)31-32-26(18-37-31)6-9-29(39-32)45-17-13-36(35(45)47)12-16-43(21-36)20-30(46)44-14-10-25(11-15-44)33-40-41-34(49-33)28-19-42(3)22-38-28/h4-10,19,22-23H,11-18,20-21H2,1-3H3/t36-/m0/s1. The monoisotopic (exact) mass is 677 g/mol. The molecule has 4 aliphatic heterocycles. The molecular weight excluding hydrogens is 639 g/mol. The lowest BCUT2D eigenvalue weighted by molar-refractivity contribution is -0.132. The van der Waals surface area contributed by atoms with E-state index in [2.05, 4.69) is 26.2 Å². The van der Waals surface area contributed by atoms with E-state index in [-0.39, 0.29) is 17.9 Å². The Hall–Kier alpha value is -4.75. The van der Waals surface area contributed by atoms with E-state index in [0.717, 1.165) is 75.4 Å². The van der Waals surface area contributed by atoms with Gasteiger partial charge in [0.15, 0.2) is 5.01 Å². The Labute approximate surface area is 289 Å². The number of carbonyl (C=O) groups is 2. The average Bonchev–Trinajstić information content (AvgIpc) is 3.94. The molecule has 1 spiro atoms. The lowest BCUT2D eigenvalue weighted by Crippen LogP contribution is -2.43. The summed E-state index contributed by atoms with van der Waals surface area (Å²) in [5.74, 6) is 1.69. The maximum Gasteiger partial charge on any atom is 0.237 e. The van der Waals surface area contributed by atoms with E-state index in [0.29, 0.717) is 45.1 Å². The van der Waals surface area contributed by atoms with Gasteiger partial charge in [0, 0.05) is 50.6 Å². The van der Waals surface area contributed by atoms with Crippen molar-refractivity contribution in [3.63, 3.8) is 0 Å². The number of aromatic nitrogens is 5. The third-order valence-corrected chi connectivity index (χ3v) is 10.9. The Morgan fingerprint density at radius 1 is 1.04 bits per heavy atom. The average molecular weight is 678 g/mol. The van der Waals surface area contributed by atoms with Gasteiger partial charge in [-0.25, -0.2) is 9.97 Å². The van der Waals surface area contributed by atoms with E-state index in [1.807, 2.05) is 77.9 Å². The Bertz CT molecular complexity index is 1980. The zero-order chi connectivity index (χ0) is 33.7. The molecule has 12 nitrogen and oxygen atoms in total. The van der Waals surface area contributed by atoms with Crippen molar-refractivity contribution in [1.82, 2.24) is 34.5 Å². The Kier molecular flexibility index (Phi) is 8.11. The summed E-state index contributed by atoms with van der Waals surface area (Å²) >= 11 is 1.53. The van der Waals surface area contributed by atoms with Gasteiger partial charge in [-0.3, -0.25) is 24.4 Å². The van der Waals surface area contributed by atoms with Crippen LogP contribution in [0, 0.1) is 5.41 Å². The highest BCUT2D eigenvalue weighted by Crippen LogP contribution is 2.42. The topological polar surface area (TPSA) is 122 Å². The predicted octanol–water partition coefficient (Wildman–Crippen LogP) is 4.22. The SMILES string of the molecule is CC(C)Oc1ccc(C2=NCc3ccc(N4CC[C@]5(CCN(CC(=O)N6CC=C(c7nnc(-c8cn(C)cn8)s7)CC6)C5)C4=O)nc32)cc1. The minimum absolute atomic E-state index is 0.0944. The molecule has 3 aromatic heterocycles. The summed E-state index contributed by atoms with van der Waals surface area (Å²) in [4.78, 5) is 47.4. The van der Waals surface area contributed by atoms with E-state index in [1.54, 1.807) is 6.33 Å². The first-order valence-electron chi connectivity index (χ1n) is 16.9. The smallest absolute Gasteiger partial charge is 0.237 e. The Morgan fingerprint density at radius 3 is 2.61 bits per heavy atom. The molecule has 2 fully saturated rings. The summed E-state index contributed by atoms with van der Waals surface area (Å²) in [6, 6.07) is 11.9. The lowest BCUT2D eigenvalue weighted by atomic mass is 9.85. The van der Waals surface area contributed by atoms with Crippen molar-refractivity contribution in [2.75, 3.05) is 44.2 Å². The summed E-state index contributed by atoms with van der Waals surface area (Å²) in [5.41, 5.74) is 5.17. The highest BCUT2D eigenvalue weighted by atomic mass is 32.1. The lowest BCUT2D eigenvalue weighted by Gasteiger charge is -2.28. The highest BCUT2D eigenvalue weighted by Gasteiger charge is 2.51. The molecule has 0 N–H and O–H groups in total. The molecule has 252 valence electrons. The Balaban J connectivity index is 0.883. The zero-order valence-electron chi connectivity index (χ0n) is 28.0. The molecular formula is C36H39N9O3S. The van der Waals surface area contributed by atoms with Crippen LogP contribution in [-0.4, -0.2) is 97.4 Å². The summed E-state index contributed by atoms with van der Waals surface area (Å²) in [6.45, 7) is 8.03. The van der Waals surface area contributed by atoms with Crippen molar-refractivity contribution in [2.45, 2.75) is 45.8 Å². The van der Waals surface area contributed by atoms with E-state index >= 15 is 0 Å². The van der Waals surface area contributed by atoms with Gasteiger partial charge >= 0.3 is 0 Å². The second-order valence-electron chi connectivity index (χ2n) is 13.6. The predicted molar refractivity (Wildman–Crippen MR) is 188 cm³/mol. The summed E-state index contributed by atoms with van der Waals surface area (Å²) in [5, 5.41) is 10.4. The molecule has 7 heterocycles. The number of rotatable bonds is 8. The number of hydrogen-bond acceptors (Lipinski definition) is 10. The normalized spacial score (nSPS) is 20.8. The van der Waals surface area contributed by atoms with Crippen LogP contribution in [-0.2, 0) is 23.2 Å². The van der Waals surface area contributed by atoms with E-state index < -0.39 is 5.41 Å². The molecule has 4 aromatic rings. The van der Waals surface area contributed by atoms with Crippen molar-refractivity contribution < 1.29 is 14.3 Å². The summed E-state index contributed by atoms with van der Waals surface area (Å²) in [6.07, 6.45) is 8.11. The van der Waals surface area contributed by atoms with Crippen molar-refractivity contribution in [1.29, 1.82) is 0 Å². The Morgan fingerprint density at radius 2 is 1.86 bits per heavy atom. The van der Waals surface area contributed by atoms with Gasteiger partial charge in [-0.15, -0.1) is 10.2 Å². The molecule has 13 heteroatoms. The molecule has 0 saturated carbocycles. The molecule has 4 aliphatic rings. The first-order chi connectivity index (χ1) is 23.7. The second-order valence-corrected chi connectivity index (χ2v) is 14.6. The number of pyridine rings is 1. The molecule has 2 saturated heterocycles. The highest BCUT2D eigenvalue weighted by molar-refractivity contribution is 7.15. The number of aliphatic imine (C=N–C) groups is 1. The third-order valence-electron chi connectivity index (χ3n) is 9.86. The van der Waals surface area contributed by atoms with Gasteiger partial charge in [0.1, 0.15) is 22.3 Å². The number of anilines is 1. The number of likely N-dealkylation sites (tertiary alicyclic amines) is 1. The largest absolute Gasteiger partial charge is 0.491 e. The second kappa shape index (κ2) is 12.6. The number of hydrogen-bond donors (Lipinski definition) is 0. The van der Waals surface area contributed by atoms with Gasteiger partial charge in [0.25, 0.3) is 0 Å². The van der Waals surface area contributed by atoms with E-state index in [1.165, 1.54) is 11.3 Å². The quantitative estimate of drug-likeness (QED) is 0.272. The summed E-state index contributed by atoms with van der Waals surface area (Å²) in [7, 11) is 1.93. The molecule has 0 unspecified atom stereocenters. The molecule has 2 amide bonds. The first-order valence-corrected chi connectivity index (χ1v) is 17.7.